The van der Waals surface area contributed by atoms with Gasteiger partial charge in [0, 0.05) is 0 Å². The van der Waals surface area contributed by atoms with Crippen molar-refractivity contribution < 1.29 is 9.84 Å². The Labute approximate surface area is 159 Å². The van der Waals surface area contributed by atoms with Gasteiger partial charge in [0.2, 0.25) is 0 Å². The molecule has 0 saturated heterocycles. The Morgan fingerprint density at radius 2 is 1.19 bits per heavy atom. The summed E-state index contributed by atoms with van der Waals surface area (Å²) in [6.45, 7) is 13.8. The summed E-state index contributed by atoms with van der Waals surface area (Å²) in [4.78, 5) is 0. The Kier molecular flexibility index (Phi) is 6.18. The van der Waals surface area contributed by atoms with Gasteiger partial charge in [0.05, 0.1) is 7.11 Å². The van der Waals surface area contributed by atoms with Crippen molar-refractivity contribution in [2.75, 3.05) is 7.11 Å². The maximum absolute atomic E-state index is 10.7. The second kappa shape index (κ2) is 7.84. The van der Waals surface area contributed by atoms with E-state index in [2.05, 4.69) is 65.8 Å². The summed E-state index contributed by atoms with van der Waals surface area (Å²) >= 11 is 0. The van der Waals surface area contributed by atoms with Crippen molar-refractivity contribution in [3.63, 3.8) is 0 Å². The molecule has 2 aromatic carbocycles. The molecule has 1 N–H and O–H groups in total. The van der Waals surface area contributed by atoms with Crippen LogP contribution in [0.15, 0.2) is 48.5 Å². The number of hydrogen-bond donors (Lipinski definition) is 1. The van der Waals surface area contributed by atoms with Crippen molar-refractivity contribution in [2.45, 2.75) is 60.0 Å². The van der Waals surface area contributed by atoms with Gasteiger partial charge >= 0.3 is 0 Å². The Hall–Kier alpha value is -1.80. The zero-order valence-corrected chi connectivity index (χ0v) is 17.3. The summed E-state index contributed by atoms with van der Waals surface area (Å²) in [6, 6.07) is 16.1. The smallest absolute Gasteiger partial charge is 0.118 e. The molecule has 142 valence electrons. The van der Waals surface area contributed by atoms with Gasteiger partial charge in [-0.1, -0.05) is 77.9 Å². The molecular weight excluding hydrogens is 320 g/mol. The third-order valence-electron chi connectivity index (χ3n) is 4.95. The number of aliphatic hydroxyl groups excluding tert-OH is 1. The van der Waals surface area contributed by atoms with Crippen LogP contribution in [-0.4, -0.2) is 12.2 Å². The topological polar surface area (TPSA) is 29.5 Å². The van der Waals surface area contributed by atoms with Gasteiger partial charge in [-0.05, 0) is 52.0 Å². The van der Waals surface area contributed by atoms with Crippen LogP contribution >= 0.6 is 0 Å². The average Bonchev–Trinajstić information content (AvgIpc) is 2.58. The summed E-state index contributed by atoms with van der Waals surface area (Å²) in [5.41, 5.74) is 3.61. The quantitative estimate of drug-likeness (QED) is 0.678. The molecule has 0 radical (unpaired) electrons. The lowest BCUT2D eigenvalue weighted by Crippen LogP contribution is -2.23. The van der Waals surface area contributed by atoms with Crippen LogP contribution in [-0.2, 0) is 0 Å². The predicted molar refractivity (Wildman–Crippen MR) is 110 cm³/mol. The number of benzene rings is 2. The van der Waals surface area contributed by atoms with Crippen LogP contribution in [0.5, 0.6) is 5.75 Å². The molecule has 0 saturated carbocycles. The maximum atomic E-state index is 10.7. The molecule has 0 spiro atoms. The Morgan fingerprint density at radius 1 is 0.769 bits per heavy atom. The van der Waals surface area contributed by atoms with Gasteiger partial charge in [-0.2, -0.15) is 0 Å². The summed E-state index contributed by atoms with van der Waals surface area (Å²) in [5.74, 6) is 1.28. The van der Waals surface area contributed by atoms with Crippen LogP contribution in [0.4, 0.5) is 0 Å². The van der Waals surface area contributed by atoms with Gasteiger partial charge in [-0.25, -0.2) is 0 Å². The van der Waals surface area contributed by atoms with Crippen molar-refractivity contribution in [2.24, 2.45) is 10.8 Å². The second-order valence-electron chi connectivity index (χ2n) is 9.53. The van der Waals surface area contributed by atoms with Crippen molar-refractivity contribution in [1.29, 1.82) is 0 Å². The van der Waals surface area contributed by atoms with Crippen LogP contribution in [0, 0.1) is 10.8 Å². The van der Waals surface area contributed by atoms with Crippen molar-refractivity contribution in [1.82, 2.24) is 0 Å². The molecular formula is C24H34O2. The molecule has 0 aliphatic rings. The highest BCUT2D eigenvalue weighted by Crippen LogP contribution is 2.43. The van der Waals surface area contributed by atoms with E-state index >= 15 is 0 Å². The normalized spacial score (nSPS) is 14.8. The first kappa shape index (κ1) is 20.5. The van der Waals surface area contributed by atoms with Gasteiger partial charge < -0.3 is 9.84 Å². The Bertz CT molecular complexity index is 685. The second-order valence-corrected chi connectivity index (χ2v) is 9.53. The molecule has 0 bridgehead atoms. The van der Waals surface area contributed by atoms with E-state index in [1.807, 2.05) is 24.3 Å². The number of methoxy groups -OCH3 is 1. The minimum absolute atomic E-state index is 0.198. The molecule has 2 rings (SSSR count). The van der Waals surface area contributed by atoms with E-state index in [-0.39, 0.29) is 10.8 Å². The van der Waals surface area contributed by atoms with Crippen LogP contribution < -0.4 is 4.74 Å². The number of aliphatic hydroxyl groups is 1. The number of hydrogen-bond acceptors (Lipinski definition) is 2. The zero-order chi connectivity index (χ0) is 19.5. The lowest BCUT2D eigenvalue weighted by Gasteiger charge is -2.36. The molecule has 2 unspecified atom stereocenters. The number of ether oxygens (including phenoxy) is 1. The lowest BCUT2D eigenvalue weighted by atomic mass is 9.69. The highest BCUT2D eigenvalue weighted by atomic mass is 16.5. The standard InChI is InChI=1S/C24H34O2/c1-23(2,3)16-21(24(4,5)6)17-8-10-18(11-9-17)22(25)19-12-14-20(26-7)15-13-19/h8-15,21-22,25H,16H2,1-7H3. The summed E-state index contributed by atoms with van der Waals surface area (Å²) in [7, 11) is 1.65. The molecule has 2 aromatic rings. The van der Waals surface area contributed by atoms with E-state index in [0.29, 0.717) is 5.92 Å². The minimum atomic E-state index is -0.620. The third kappa shape index (κ3) is 5.35. The van der Waals surface area contributed by atoms with Gasteiger partial charge in [0.25, 0.3) is 0 Å². The highest BCUT2D eigenvalue weighted by Gasteiger charge is 2.30. The number of rotatable bonds is 5. The van der Waals surface area contributed by atoms with E-state index in [4.69, 9.17) is 4.74 Å². The monoisotopic (exact) mass is 354 g/mol. The molecule has 26 heavy (non-hydrogen) atoms. The van der Waals surface area contributed by atoms with Crippen molar-refractivity contribution >= 4 is 0 Å². The zero-order valence-electron chi connectivity index (χ0n) is 17.3. The average molecular weight is 355 g/mol. The first-order valence-corrected chi connectivity index (χ1v) is 9.43. The van der Waals surface area contributed by atoms with Crippen LogP contribution in [0.25, 0.3) is 0 Å². The first-order chi connectivity index (χ1) is 12.0. The molecule has 2 heteroatoms. The van der Waals surface area contributed by atoms with Gasteiger partial charge in [0.15, 0.2) is 0 Å². The van der Waals surface area contributed by atoms with Crippen LogP contribution in [0.3, 0.4) is 0 Å². The first-order valence-electron chi connectivity index (χ1n) is 9.43. The van der Waals surface area contributed by atoms with E-state index in [1.54, 1.807) is 7.11 Å². The maximum Gasteiger partial charge on any atom is 0.118 e. The van der Waals surface area contributed by atoms with E-state index in [0.717, 1.165) is 23.3 Å². The molecule has 0 aliphatic heterocycles. The third-order valence-corrected chi connectivity index (χ3v) is 4.95. The molecule has 2 nitrogen and oxygen atoms in total. The fourth-order valence-corrected chi connectivity index (χ4v) is 3.43. The van der Waals surface area contributed by atoms with Gasteiger partial charge in [0.1, 0.15) is 11.9 Å². The van der Waals surface area contributed by atoms with Crippen molar-refractivity contribution in [3.05, 3.63) is 65.2 Å². The predicted octanol–water partition coefficient (Wildman–Crippen LogP) is 6.34. The van der Waals surface area contributed by atoms with Crippen LogP contribution in [0.2, 0.25) is 0 Å². The van der Waals surface area contributed by atoms with Crippen LogP contribution in [0.1, 0.15) is 76.7 Å². The molecule has 0 heterocycles. The van der Waals surface area contributed by atoms with Gasteiger partial charge in [-0.15, -0.1) is 0 Å². The summed E-state index contributed by atoms with van der Waals surface area (Å²) in [6.07, 6.45) is 0.516. The summed E-state index contributed by atoms with van der Waals surface area (Å²) in [5, 5.41) is 10.7. The van der Waals surface area contributed by atoms with E-state index in [1.165, 1.54) is 5.56 Å². The molecule has 0 aromatic heterocycles. The SMILES string of the molecule is COc1ccc(C(O)c2ccc(C(CC(C)(C)C)C(C)(C)C)cc2)cc1. The van der Waals surface area contributed by atoms with Crippen molar-refractivity contribution in [3.8, 4) is 5.75 Å². The summed E-state index contributed by atoms with van der Waals surface area (Å²) < 4.78 is 5.19. The molecule has 2 atom stereocenters. The molecule has 0 aliphatic carbocycles. The molecule has 0 amide bonds. The lowest BCUT2D eigenvalue weighted by molar-refractivity contribution is 0.219. The van der Waals surface area contributed by atoms with Gasteiger partial charge in [-0.3, -0.25) is 0 Å². The Balaban J connectivity index is 2.24. The highest BCUT2D eigenvalue weighted by molar-refractivity contribution is 5.36. The minimum Gasteiger partial charge on any atom is -0.497 e. The fraction of sp³-hybridized carbons (Fsp3) is 0.500. The fourth-order valence-electron chi connectivity index (χ4n) is 3.43. The largest absolute Gasteiger partial charge is 0.497 e. The van der Waals surface area contributed by atoms with E-state index in [9.17, 15) is 5.11 Å². The van der Waals surface area contributed by atoms with E-state index < -0.39 is 6.10 Å². The molecule has 0 fully saturated rings. The Morgan fingerprint density at radius 3 is 1.58 bits per heavy atom.